The number of ether oxygens (including phenoxy) is 2. The summed E-state index contributed by atoms with van der Waals surface area (Å²) in [6.45, 7) is 11.0. The number of amides is 1. The third-order valence-electron chi connectivity index (χ3n) is 13.3. The molecule has 0 bridgehead atoms. The molecule has 8 atom stereocenters. The molecule has 0 aromatic rings. The van der Waals surface area contributed by atoms with Crippen molar-refractivity contribution in [3.63, 3.8) is 0 Å². The van der Waals surface area contributed by atoms with Gasteiger partial charge in [-0.3, -0.25) is 4.79 Å². The first-order chi connectivity index (χ1) is 21.3. The Labute approximate surface area is 269 Å². The molecule has 44 heavy (non-hydrogen) atoms. The van der Waals surface area contributed by atoms with Gasteiger partial charge in [0.15, 0.2) is 0 Å². The minimum Gasteiger partial charge on any atom is -0.375 e. The van der Waals surface area contributed by atoms with Gasteiger partial charge in [-0.2, -0.15) is 0 Å². The van der Waals surface area contributed by atoms with Crippen molar-refractivity contribution in [1.82, 2.24) is 5.32 Å². The zero-order chi connectivity index (χ0) is 31.1. The maximum absolute atomic E-state index is 13.4. The van der Waals surface area contributed by atoms with E-state index in [0.717, 1.165) is 63.1 Å². The Kier molecular flexibility index (Phi) is 12.5. The van der Waals surface area contributed by atoms with Crippen LogP contribution >= 0.6 is 0 Å². The van der Waals surface area contributed by atoms with Gasteiger partial charge in [0.2, 0.25) is 5.91 Å². The SMILES string of the molecule is C=CC(C)C1CCC(C=O)C(C(=O)NC2CCCC(OC3CCC(C4CCC(OC5CCCC(C)(CC)C5)CC4)CC3)C2)C1. The fourth-order valence-corrected chi connectivity index (χ4v) is 9.95. The second kappa shape index (κ2) is 16.1. The van der Waals surface area contributed by atoms with Crippen molar-refractivity contribution in [2.75, 3.05) is 0 Å². The minimum absolute atomic E-state index is 0.0903. The van der Waals surface area contributed by atoms with Crippen molar-refractivity contribution in [2.45, 2.75) is 180 Å². The van der Waals surface area contributed by atoms with E-state index in [1.807, 2.05) is 6.08 Å². The van der Waals surface area contributed by atoms with Crippen LogP contribution in [0, 0.1) is 40.9 Å². The summed E-state index contributed by atoms with van der Waals surface area (Å²) in [6, 6.07) is 0.170. The predicted molar refractivity (Wildman–Crippen MR) is 178 cm³/mol. The van der Waals surface area contributed by atoms with Crippen LogP contribution in [0.15, 0.2) is 12.7 Å². The average Bonchev–Trinajstić information content (AvgIpc) is 3.05. The first kappa shape index (κ1) is 34.1. The van der Waals surface area contributed by atoms with Crippen molar-refractivity contribution in [3.8, 4) is 0 Å². The highest BCUT2D eigenvalue weighted by Gasteiger charge is 2.39. The van der Waals surface area contributed by atoms with E-state index in [-0.39, 0.29) is 29.9 Å². The second-order valence-electron chi connectivity index (χ2n) is 16.3. The molecular formula is C39H65NO4. The van der Waals surface area contributed by atoms with Gasteiger partial charge in [0, 0.05) is 17.9 Å². The summed E-state index contributed by atoms with van der Waals surface area (Å²) in [5.74, 6) is 2.31. The number of hydrogen-bond acceptors (Lipinski definition) is 4. The number of hydrogen-bond donors (Lipinski definition) is 1. The summed E-state index contributed by atoms with van der Waals surface area (Å²) >= 11 is 0. The molecule has 1 amide bonds. The van der Waals surface area contributed by atoms with Crippen LogP contribution in [-0.2, 0) is 19.1 Å². The molecule has 5 aliphatic carbocycles. The van der Waals surface area contributed by atoms with Gasteiger partial charge in [-0.1, -0.05) is 39.7 Å². The zero-order valence-electron chi connectivity index (χ0n) is 28.5. The molecule has 5 nitrogen and oxygen atoms in total. The Morgan fingerprint density at radius 3 is 2.09 bits per heavy atom. The third kappa shape index (κ3) is 8.99. The lowest BCUT2D eigenvalue weighted by Gasteiger charge is -2.42. The lowest BCUT2D eigenvalue weighted by Crippen LogP contribution is -2.47. The summed E-state index contributed by atoms with van der Waals surface area (Å²) in [6.07, 6.45) is 28.2. The van der Waals surface area contributed by atoms with Crippen LogP contribution in [0.1, 0.15) is 149 Å². The van der Waals surface area contributed by atoms with Gasteiger partial charge in [-0.25, -0.2) is 0 Å². The summed E-state index contributed by atoms with van der Waals surface area (Å²) < 4.78 is 13.4. The van der Waals surface area contributed by atoms with Gasteiger partial charge in [0.25, 0.3) is 0 Å². The number of aldehydes is 1. The maximum atomic E-state index is 13.4. The fraction of sp³-hybridized carbons (Fsp3) is 0.897. The monoisotopic (exact) mass is 611 g/mol. The summed E-state index contributed by atoms with van der Waals surface area (Å²) in [5, 5.41) is 3.37. The molecule has 5 aliphatic rings. The highest BCUT2D eigenvalue weighted by atomic mass is 16.5. The number of nitrogens with one attached hydrogen (secondary N) is 1. The van der Waals surface area contributed by atoms with Crippen LogP contribution in [0.25, 0.3) is 0 Å². The fourth-order valence-electron chi connectivity index (χ4n) is 9.95. The van der Waals surface area contributed by atoms with E-state index < -0.39 is 0 Å². The molecule has 5 fully saturated rings. The zero-order valence-corrected chi connectivity index (χ0v) is 28.5. The Morgan fingerprint density at radius 2 is 1.48 bits per heavy atom. The van der Waals surface area contributed by atoms with E-state index in [2.05, 4.69) is 32.7 Å². The largest absolute Gasteiger partial charge is 0.375 e. The molecule has 0 heterocycles. The third-order valence-corrected chi connectivity index (χ3v) is 13.3. The Morgan fingerprint density at radius 1 is 0.841 bits per heavy atom. The van der Waals surface area contributed by atoms with Crippen molar-refractivity contribution >= 4 is 12.2 Å². The van der Waals surface area contributed by atoms with E-state index in [1.54, 1.807) is 0 Å². The lowest BCUT2D eigenvalue weighted by atomic mass is 9.70. The summed E-state index contributed by atoms with van der Waals surface area (Å²) in [7, 11) is 0. The molecule has 0 aromatic heterocycles. The molecule has 0 radical (unpaired) electrons. The topological polar surface area (TPSA) is 64.6 Å². The predicted octanol–water partition coefficient (Wildman–Crippen LogP) is 8.98. The normalized spacial score (nSPS) is 42.6. The number of allylic oxidation sites excluding steroid dienone is 1. The van der Waals surface area contributed by atoms with Crippen LogP contribution in [0.4, 0.5) is 0 Å². The van der Waals surface area contributed by atoms with E-state index in [9.17, 15) is 9.59 Å². The highest BCUT2D eigenvalue weighted by molar-refractivity contribution is 5.82. The van der Waals surface area contributed by atoms with Gasteiger partial charge in [0.1, 0.15) is 6.29 Å². The van der Waals surface area contributed by atoms with Crippen molar-refractivity contribution in [1.29, 1.82) is 0 Å². The first-order valence-corrected chi connectivity index (χ1v) is 19.0. The molecule has 1 N–H and O–H groups in total. The molecule has 0 aromatic carbocycles. The Bertz CT molecular complexity index is 921. The van der Waals surface area contributed by atoms with Crippen molar-refractivity contribution < 1.29 is 19.1 Å². The maximum Gasteiger partial charge on any atom is 0.224 e. The van der Waals surface area contributed by atoms with Gasteiger partial charge >= 0.3 is 0 Å². The van der Waals surface area contributed by atoms with Crippen LogP contribution in [0.2, 0.25) is 0 Å². The van der Waals surface area contributed by atoms with Crippen LogP contribution in [0.5, 0.6) is 0 Å². The summed E-state index contributed by atoms with van der Waals surface area (Å²) in [4.78, 5) is 25.2. The second-order valence-corrected chi connectivity index (χ2v) is 16.3. The Hall–Kier alpha value is -1.20. The molecule has 5 rings (SSSR count). The standard InChI is InChI=1S/C39H65NO4/c1-5-27(3)30-12-13-31(26-41)37(23-30)38(42)40-32-9-7-10-35(24-32)43-33-18-14-28(15-19-33)29-16-20-34(21-17-29)44-36-11-8-22-39(4,6-2)25-36/h5,26-37H,1,6-25H2,2-4H3,(H,40,42). The van der Waals surface area contributed by atoms with Crippen molar-refractivity contribution in [3.05, 3.63) is 12.7 Å². The molecule has 5 saturated carbocycles. The van der Waals surface area contributed by atoms with Gasteiger partial charge in [-0.15, -0.1) is 6.58 Å². The van der Waals surface area contributed by atoms with E-state index in [0.29, 0.717) is 35.6 Å². The van der Waals surface area contributed by atoms with E-state index >= 15 is 0 Å². The van der Waals surface area contributed by atoms with E-state index in [1.165, 1.54) is 83.5 Å². The molecule has 250 valence electrons. The van der Waals surface area contributed by atoms with Crippen LogP contribution < -0.4 is 5.32 Å². The molecule has 0 aliphatic heterocycles. The van der Waals surface area contributed by atoms with Crippen LogP contribution in [0.3, 0.4) is 0 Å². The van der Waals surface area contributed by atoms with Gasteiger partial charge in [0.05, 0.1) is 24.4 Å². The molecule has 0 spiro atoms. The van der Waals surface area contributed by atoms with Crippen molar-refractivity contribution in [2.24, 2.45) is 40.9 Å². The first-order valence-electron chi connectivity index (χ1n) is 19.0. The number of rotatable bonds is 11. The Balaban J connectivity index is 1.00. The van der Waals surface area contributed by atoms with E-state index in [4.69, 9.17) is 9.47 Å². The number of carbonyl (C=O) groups excluding carboxylic acids is 2. The van der Waals surface area contributed by atoms with Crippen LogP contribution in [-0.4, -0.2) is 42.7 Å². The minimum atomic E-state index is -0.198. The molecular weight excluding hydrogens is 546 g/mol. The van der Waals surface area contributed by atoms with Gasteiger partial charge in [-0.05, 0) is 145 Å². The molecule has 0 saturated heterocycles. The molecule has 8 unspecified atom stereocenters. The highest BCUT2D eigenvalue weighted by Crippen LogP contribution is 2.44. The smallest absolute Gasteiger partial charge is 0.224 e. The lowest BCUT2D eigenvalue weighted by molar-refractivity contribution is -0.133. The number of carbonyl (C=O) groups is 2. The van der Waals surface area contributed by atoms with Gasteiger partial charge < -0.3 is 19.6 Å². The quantitative estimate of drug-likeness (QED) is 0.187. The summed E-state index contributed by atoms with van der Waals surface area (Å²) in [5.41, 5.74) is 0.497. The average molecular weight is 612 g/mol. The molecule has 5 heteroatoms.